The van der Waals surface area contributed by atoms with Gasteiger partial charge in [0.25, 0.3) is 5.91 Å². The van der Waals surface area contributed by atoms with E-state index >= 15 is 0 Å². The molecule has 17 heavy (non-hydrogen) atoms. The smallest absolute Gasteiger partial charge is 0.257 e. The molecule has 0 radical (unpaired) electrons. The Balaban J connectivity index is 2.61. The fourth-order valence-corrected chi connectivity index (χ4v) is 1.65. The third-order valence-corrected chi connectivity index (χ3v) is 2.23. The first kappa shape index (κ1) is 13.6. The maximum atomic E-state index is 11.8. The summed E-state index contributed by atoms with van der Waals surface area (Å²) < 4.78 is 0. The Labute approximate surface area is 108 Å². The zero-order valence-corrected chi connectivity index (χ0v) is 11.4. The predicted molar refractivity (Wildman–Crippen MR) is 74.1 cm³/mol. The summed E-state index contributed by atoms with van der Waals surface area (Å²) >= 11 is 5.06. The lowest BCUT2D eigenvalue weighted by Crippen LogP contribution is -2.48. The number of rotatable bonds is 1. The maximum absolute atomic E-state index is 11.8. The molecule has 0 spiro atoms. The van der Waals surface area contributed by atoms with E-state index < -0.39 is 0 Å². The zero-order valence-electron chi connectivity index (χ0n) is 10.6. The third-order valence-electron chi connectivity index (χ3n) is 2.03. The van der Waals surface area contributed by atoms with Crippen molar-refractivity contribution in [1.29, 1.82) is 0 Å². The van der Waals surface area contributed by atoms with E-state index in [9.17, 15) is 4.79 Å². The number of hydrogen-bond acceptors (Lipinski definition) is 2. The van der Waals surface area contributed by atoms with Crippen LogP contribution in [-0.4, -0.2) is 16.6 Å². The molecule has 0 saturated heterocycles. The molecule has 1 amide bonds. The van der Waals surface area contributed by atoms with Gasteiger partial charge in [-0.1, -0.05) is 17.7 Å². The van der Waals surface area contributed by atoms with Gasteiger partial charge >= 0.3 is 0 Å². The second-order valence-electron chi connectivity index (χ2n) is 5.02. The first-order valence-corrected chi connectivity index (χ1v) is 5.89. The van der Waals surface area contributed by atoms with Gasteiger partial charge < -0.3 is 5.32 Å². The van der Waals surface area contributed by atoms with Crippen molar-refractivity contribution in [3.63, 3.8) is 0 Å². The van der Waals surface area contributed by atoms with Gasteiger partial charge in [-0.25, -0.2) is 0 Å². The van der Waals surface area contributed by atoms with Crippen LogP contribution in [0.3, 0.4) is 0 Å². The average Bonchev–Trinajstić information content (AvgIpc) is 2.15. The molecule has 0 saturated carbocycles. The quantitative estimate of drug-likeness (QED) is 0.752. The van der Waals surface area contributed by atoms with E-state index in [-0.39, 0.29) is 11.4 Å². The molecule has 1 aromatic rings. The molecule has 1 aromatic carbocycles. The van der Waals surface area contributed by atoms with Crippen LogP contribution in [0.4, 0.5) is 0 Å². The minimum atomic E-state index is -0.188. The van der Waals surface area contributed by atoms with Crippen LogP contribution in [0.2, 0.25) is 0 Å². The van der Waals surface area contributed by atoms with Gasteiger partial charge in [-0.05, 0) is 52.0 Å². The lowest BCUT2D eigenvalue weighted by atomic mass is 10.1. The van der Waals surface area contributed by atoms with Crippen LogP contribution in [0.5, 0.6) is 0 Å². The highest BCUT2D eigenvalue weighted by Gasteiger charge is 2.13. The van der Waals surface area contributed by atoms with Crippen molar-refractivity contribution in [2.24, 2.45) is 0 Å². The van der Waals surface area contributed by atoms with Crippen LogP contribution in [-0.2, 0) is 0 Å². The van der Waals surface area contributed by atoms with Crippen molar-refractivity contribution in [3.05, 3.63) is 35.4 Å². The van der Waals surface area contributed by atoms with Gasteiger partial charge in [0, 0.05) is 11.1 Å². The monoisotopic (exact) mass is 250 g/mol. The van der Waals surface area contributed by atoms with E-state index in [1.54, 1.807) is 12.1 Å². The highest BCUT2D eigenvalue weighted by Crippen LogP contribution is 2.03. The van der Waals surface area contributed by atoms with Crippen molar-refractivity contribution in [3.8, 4) is 0 Å². The summed E-state index contributed by atoms with van der Waals surface area (Å²) in [6, 6.07) is 7.36. The van der Waals surface area contributed by atoms with Gasteiger partial charge in [0.05, 0.1) is 0 Å². The van der Waals surface area contributed by atoms with Gasteiger partial charge in [-0.15, -0.1) is 0 Å². The van der Waals surface area contributed by atoms with E-state index in [0.717, 1.165) is 5.56 Å². The minimum absolute atomic E-state index is 0.155. The van der Waals surface area contributed by atoms with Crippen molar-refractivity contribution in [1.82, 2.24) is 10.6 Å². The Morgan fingerprint density at radius 2 is 1.71 bits per heavy atom. The average molecular weight is 250 g/mol. The molecule has 4 heteroatoms. The Kier molecular flexibility index (Phi) is 4.23. The molecule has 0 heterocycles. The van der Waals surface area contributed by atoms with E-state index in [2.05, 4.69) is 10.6 Å². The molecule has 0 unspecified atom stereocenters. The topological polar surface area (TPSA) is 41.1 Å². The SMILES string of the molecule is Cc1ccc(C(=O)NC(=S)NC(C)(C)C)cc1. The highest BCUT2D eigenvalue weighted by molar-refractivity contribution is 7.80. The molecule has 2 N–H and O–H groups in total. The fraction of sp³-hybridized carbons (Fsp3) is 0.385. The maximum Gasteiger partial charge on any atom is 0.257 e. The number of hydrogen-bond donors (Lipinski definition) is 2. The number of aryl methyl sites for hydroxylation is 1. The molecule has 0 aromatic heterocycles. The molecule has 0 atom stereocenters. The lowest BCUT2D eigenvalue weighted by molar-refractivity contribution is 0.0976. The zero-order chi connectivity index (χ0) is 13.1. The normalized spacial score (nSPS) is 10.8. The molecular weight excluding hydrogens is 232 g/mol. The van der Waals surface area contributed by atoms with Crippen molar-refractivity contribution in [2.45, 2.75) is 33.2 Å². The lowest BCUT2D eigenvalue weighted by Gasteiger charge is -2.22. The van der Waals surface area contributed by atoms with E-state index in [1.165, 1.54) is 0 Å². The van der Waals surface area contributed by atoms with Crippen LogP contribution in [0.1, 0.15) is 36.7 Å². The second-order valence-corrected chi connectivity index (χ2v) is 5.43. The second kappa shape index (κ2) is 5.27. The summed E-state index contributed by atoms with van der Waals surface area (Å²) in [7, 11) is 0. The highest BCUT2D eigenvalue weighted by atomic mass is 32.1. The molecule has 0 aliphatic heterocycles. The van der Waals surface area contributed by atoms with Gasteiger partial charge in [0.2, 0.25) is 0 Å². The fourth-order valence-electron chi connectivity index (χ4n) is 1.25. The molecule has 1 rings (SSSR count). The van der Waals surface area contributed by atoms with Crippen LogP contribution >= 0.6 is 12.2 Å². The Hall–Kier alpha value is -1.42. The Morgan fingerprint density at radius 1 is 1.18 bits per heavy atom. The Morgan fingerprint density at radius 3 is 2.18 bits per heavy atom. The van der Waals surface area contributed by atoms with Gasteiger partial charge in [-0.2, -0.15) is 0 Å². The van der Waals surface area contributed by atoms with Gasteiger partial charge in [0.15, 0.2) is 5.11 Å². The summed E-state index contributed by atoms with van der Waals surface area (Å²) in [6.07, 6.45) is 0. The Bertz CT molecular complexity index is 418. The summed E-state index contributed by atoms with van der Waals surface area (Å²) in [5.41, 5.74) is 1.57. The summed E-state index contributed by atoms with van der Waals surface area (Å²) in [6.45, 7) is 7.93. The minimum Gasteiger partial charge on any atom is -0.358 e. The van der Waals surface area contributed by atoms with E-state index in [0.29, 0.717) is 10.7 Å². The number of amides is 1. The van der Waals surface area contributed by atoms with E-state index in [4.69, 9.17) is 12.2 Å². The molecule has 0 bridgehead atoms. The van der Waals surface area contributed by atoms with Gasteiger partial charge in [-0.3, -0.25) is 10.1 Å². The van der Waals surface area contributed by atoms with Crippen LogP contribution in [0.25, 0.3) is 0 Å². The first-order valence-electron chi connectivity index (χ1n) is 5.48. The van der Waals surface area contributed by atoms with Crippen molar-refractivity contribution in [2.75, 3.05) is 0 Å². The number of carbonyl (C=O) groups excluding carboxylic acids is 1. The largest absolute Gasteiger partial charge is 0.358 e. The molecule has 0 fully saturated rings. The van der Waals surface area contributed by atoms with E-state index in [1.807, 2.05) is 39.8 Å². The summed E-state index contributed by atoms with van der Waals surface area (Å²) in [4.78, 5) is 11.8. The molecular formula is C13H18N2OS. The van der Waals surface area contributed by atoms with Crippen LogP contribution in [0, 0.1) is 6.92 Å². The number of nitrogens with one attached hydrogen (secondary N) is 2. The molecule has 0 aliphatic rings. The van der Waals surface area contributed by atoms with Gasteiger partial charge in [0.1, 0.15) is 0 Å². The van der Waals surface area contributed by atoms with Crippen LogP contribution < -0.4 is 10.6 Å². The summed E-state index contributed by atoms with van der Waals surface area (Å²) in [5, 5.41) is 6.03. The molecule has 0 aliphatic carbocycles. The first-order chi connectivity index (χ1) is 7.78. The summed E-state index contributed by atoms with van der Waals surface area (Å²) in [5.74, 6) is -0.188. The molecule has 3 nitrogen and oxygen atoms in total. The molecule has 92 valence electrons. The standard InChI is InChI=1S/C13H18N2OS/c1-9-5-7-10(8-6-9)11(16)14-12(17)15-13(2,3)4/h5-8H,1-4H3,(H2,14,15,16,17). The van der Waals surface area contributed by atoms with Crippen molar-refractivity contribution < 1.29 is 4.79 Å². The number of thiocarbonyl (C=S) groups is 1. The predicted octanol–water partition coefficient (Wildman–Crippen LogP) is 2.40. The number of benzene rings is 1. The number of carbonyl (C=O) groups is 1. The van der Waals surface area contributed by atoms with Crippen LogP contribution in [0.15, 0.2) is 24.3 Å². The van der Waals surface area contributed by atoms with Crippen molar-refractivity contribution >= 4 is 23.2 Å². The third kappa shape index (κ3) is 4.95.